The van der Waals surface area contributed by atoms with E-state index in [-0.39, 0.29) is 0 Å². The molecule has 0 atom stereocenters. The summed E-state index contributed by atoms with van der Waals surface area (Å²) in [4.78, 5) is 9.25. The van der Waals surface area contributed by atoms with Crippen molar-refractivity contribution in [3.8, 4) is 0 Å². The van der Waals surface area contributed by atoms with E-state index in [2.05, 4.69) is 36.2 Å². The van der Waals surface area contributed by atoms with Crippen LogP contribution in [0.25, 0.3) is 0 Å². The predicted molar refractivity (Wildman–Crippen MR) is 51.0 cm³/mol. The molecule has 0 aliphatic rings. The van der Waals surface area contributed by atoms with Crippen LogP contribution in [0, 0.1) is 0 Å². The predicted octanol–water partition coefficient (Wildman–Crippen LogP) is 1.49. The molecule has 3 nitrogen and oxygen atoms in total. The van der Waals surface area contributed by atoms with Crippen molar-refractivity contribution in [2.24, 2.45) is 0 Å². The largest absolute Gasteiger partial charge is 0.479 e. The lowest BCUT2D eigenvalue weighted by Crippen LogP contribution is -1.89. The Balaban J connectivity index is 0. The molecule has 64 valence electrons. The molecule has 0 heterocycles. The zero-order valence-corrected chi connectivity index (χ0v) is 7.82. The number of aliphatic carboxylic acids is 1. The van der Waals surface area contributed by atoms with Crippen molar-refractivity contribution in [2.75, 3.05) is 6.61 Å². The second-order valence-electron chi connectivity index (χ2n) is 1.24. The third-order valence-electron chi connectivity index (χ3n) is 0.442. The third-order valence-corrected chi connectivity index (χ3v) is 0.689. The Kier molecular flexibility index (Phi) is 11.2. The van der Waals surface area contributed by atoms with Crippen LogP contribution >= 0.6 is 24.8 Å². The van der Waals surface area contributed by atoms with Crippen LogP contribution < -0.4 is 0 Å². The fourth-order valence-electron chi connectivity index (χ4n) is 0.123. The third kappa shape index (κ3) is 26.5. The Labute approximate surface area is 76.5 Å². The van der Waals surface area contributed by atoms with Crippen molar-refractivity contribution in [3.63, 3.8) is 0 Å². The lowest BCUT2D eigenvalue weighted by molar-refractivity contribution is -0.131. The molecule has 0 bridgehead atoms. The average Bonchev–Trinajstić information content (AvgIpc) is 1.89. The molecule has 0 spiro atoms. The van der Waals surface area contributed by atoms with Crippen molar-refractivity contribution in [1.82, 2.24) is 0 Å². The lowest BCUT2D eigenvalue weighted by Gasteiger charge is -1.92. The summed E-state index contributed by atoms with van der Waals surface area (Å²) in [6.45, 7) is 5.44. The van der Waals surface area contributed by atoms with Crippen LogP contribution in [0.4, 0.5) is 0 Å². The SMILES string of the molecule is C=CC(=O)O.CCOC(=S)S. The molecule has 5 heteroatoms. The monoisotopic (exact) mass is 194 g/mol. The molecular formula is C6H10O3S2. The molecule has 0 saturated carbocycles. The Morgan fingerprint density at radius 3 is 2.27 bits per heavy atom. The summed E-state index contributed by atoms with van der Waals surface area (Å²) in [5, 5.41) is 7.60. The second kappa shape index (κ2) is 9.45. The quantitative estimate of drug-likeness (QED) is 0.397. The molecule has 0 fully saturated rings. The Morgan fingerprint density at radius 1 is 1.91 bits per heavy atom. The van der Waals surface area contributed by atoms with E-state index in [9.17, 15) is 4.79 Å². The van der Waals surface area contributed by atoms with Crippen molar-refractivity contribution < 1.29 is 14.6 Å². The van der Waals surface area contributed by atoms with E-state index in [1.807, 2.05) is 6.92 Å². The molecule has 0 saturated heterocycles. The van der Waals surface area contributed by atoms with E-state index in [0.29, 0.717) is 11.0 Å². The van der Waals surface area contributed by atoms with Gasteiger partial charge in [0.25, 0.3) is 0 Å². The zero-order valence-electron chi connectivity index (χ0n) is 6.11. The maximum atomic E-state index is 9.25. The van der Waals surface area contributed by atoms with Gasteiger partial charge in [0.1, 0.15) is 0 Å². The highest BCUT2D eigenvalue weighted by molar-refractivity contribution is 8.10. The normalized spacial score (nSPS) is 7.09. The minimum Gasteiger partial charge on any atom is -0.479 e. The first kappa shape index (κ1) is 13.1. The summed E-state index contributed by atoms with van der Waals surface area (Å²) in [6.07, 6.45) is 0.833. The van der Waals surface area contributed by atoms with Gasteiger partial charge in [-0.05, 0) is 19.1 Å². The first-order valence-electron chi connectivity index (χ1n) is 2.75. The average molecular weight is 194 g/mol. The van der Waals surface area contributed by atoms with Crippen LogP contribution in [-0.2, 0) is 9.53 Å². The van der Waals surface area contributed by atoms with Gasteiger partial charge in [0, 0.05) is 6.08 Å². The molecule has 0 radical (unpaired) electrons. The molecule has 0 aromatic rings. The standard InChI is InChI=1S/C3H4O2.C3H6OS2/c1-2-3(4)5;1-2-4-3(5)6/h2H,1H2,(H,4,5);2H2,1H3,(H,5,6). The number of thiocarbonyl (C=S) groups is 1. The number of thiol groups is 1. The zero-order chi connectivity index (χ0) is 9.28. The molecule has 0 aliphatic heterocycles. The van der Waals surface area contributed by atoms with Crippen molar-refractivity contribution in [1.29, 1.82) is 0 Å². The highest BCUT2D eigenvalue weighted by Crippen LogP contribution is 1.83. The lowest BCUT2D eigenvalue weighted by atomic mass is 10.7. The van der Waals surface area contributed by atoms with Gasteiger partial charge in [0.2, 0.25) is 4.38 Å². The highest BCUT2D eigenvalue weighted by atomic mass is 32.1. The summed E-state index contributed by atoms with van der Waals surface area (Å²) in [5.41, 5.74) is 0. The van der Waals surface area contributed by atoms with E-state index in [1.54, 1.807) is 0 Å². The Bertz CT molecular complexity index is 145. The Hall–Kier alpha value is -0.550. The van der Waals surface area contributed by atoms with Gasteiger partial charge in [-0.25, -0.2) is 4.79 Å². The molecule has 0 aromatic heterocycles. The number of rotatable bonds is 2. The van der Waals surface area contributed by atoms with Gasteiger partial charge in [0.15, 0.2) is 0 Å². The first-order valence-corrected chi connectivity index (χ1v) is 3.61. The van der Waals surface area contributed by atoms with Crippen LogP contribution in [-0.4, -0.2) is 22.1 Å². The maximum Gasteiger partial charge on any atom is 0.327 e. The van der Waals surface area contributed by atoms with Gasteiger partial charge < -0.3 is 9.84 Å². The van der Waals surface area contributed by atoms with Crippen LogP contribution in [0.3, 0.4) is 0 Å². The van der Waals surface area contributed by atoms with Crippen LogP contribution in [0.15, 0.2) is 12.7 Å². The number of ether oxygens (including phenoxy) is 1. The van der Waals surface area contributed by atoms with E-state index >= 15 is 0 Å². The van der Waals surface area contributed by atoms with Crippen molar-refractivity contribution in [3.05, 3.63) is 12.7 Å². The number of carbonyl (C=O) groups is 1. The summed E-state index contributed by atoms with van der Waals surface area (Å²) in [6, 6.07) is 0. The smallest absolute Gasteiger partial charge is 0.327 e. The van der Waals surface area contributed by atoms with E-state index in [4.69, 9.17) is 5.11 Å². The van der Waals surface area contributed by atoms with E-state index < -0.39 is 5.97 Å². The highest BCUT2D eigenvalue weighted by Gasteiger charge is 1.77. The summed E-state index contributed by atoms with van der Waals surface area (Å²) in [7, 11) is 0. The molecule has 1 N–H and O–H groups in total. The molecule has 0 unspecified atom stereocenters. The fraction of sp³-hybridized carbons (Fsp3) is 0.333. The van der Waals surface area contributed by atoms with E-state index in [0.717, 1.165) is 6.08 Å². The summed E-state index contributed by atoms with van der Waals surface area (Å²) < 4.78 is 4.95. The van der Waals surface area contributed by atoms with Gasteiger partial charge in [0.05, 0.1) is 6.61 Å². The Morgan fingerprint density at radius 2 is 2.27 bits per heavy atom. The number of carboxylic acids is 1. The molecule has 0 aliphatic carbocycles. The molecular weight excluding hydrogens is 184 g/mol. The first-order chi connectivity index (χ1) is 5.04. The van der Waals surface area contributed by atoms with Gasteiger partial charge in [-0.3, -0.25) is 0 Å². The van der Waals surface area contributed by atoms with Gasteiger partial charge in [-0.1, -0.05) is 19.2 Å². The molecule has 0 rings (SSSR count). The van der Waals surface area contributed by atoms with Crippen molar-refractivity contribution in [2.45, 2.75) is 6.92 Å². The fourth-order valence-corrected chi connectivity index (χ4v) is 0.370. The minimum absolute atomic E-state index is 0.317. The summed E-state index contributed by atoms with van der Waals surface area (Å²) in [5.74, 6) is -0.981. The van der Waals surface area contributed by atoms with Crippen LogP contribution in [0.5, 0.6) is 0 Å². The maximum absolute atomic E-state index is 9.25. The molecule has 11 heavy (non-hydrogen) atoms. The molecule has 0 amide bonds. The van der Waals surface area contributed by atoms with Crippen LogP contribution in [0.2, 0.25) is 0 Å². The second-order valence-corrected chi connectivity index (χ2v) is 2.32. The number of hydrogen-bond donors (Lipinski definition) is 2. The van der Waals surface area contributed by atoms with Crippen LogP contribution in [0.1, 0.15) is 6.92 Å². The number of carboxylic acid groups (broad SMARTS) is 1. The number of hydrogen-bond acceptors (Lipinski definition) is 3. The van der Waals surface area contributed by atoms with Gasteiger partial charge in [-0.15, -0.1) is 0 Å². The van der Waals surface area contributed by atoms with Gasteiger partial charge in [-0.2, -0.15) is 0 Å². The topological polar surface area (TPSA) is 46.5 Å². The van der Waals surface area contributed by atoms with Gasteiger partial charge >= 0.3 is 5.97 Å². The van der Waals surface area contributed by atoms with E-state index in [1.165, 1.54) is 0 Å². The molecule has 0 aromatic carbocycles. The minimum atomic E-state index is -0.981. The summed E-state index contributed by atoms with van der Waals surface area (Å²) >= 11 is 8.12. The van der Waals surface area contributed by atoms with Crippen molar-refractivity contribution >= 4 is 35.2 Å².